The van der Waals surface area contributed by atoms with E-state index in [4.69, 9.17) is 37.5 Å². The fourth-order valence-corrected chi connectivity index (χ4v) is 14.3. The summed E-state index contributed by atoms with van der Waals surface area (Å²) < 4.78 is 91.8. The maximum atomic E-state index is 16.4. The highest BCUT2D eigenvalue weighted by atomic mass is 32.2. The Kier molecular flexibility index (Phi) is 22.2. The molecule has 0 bridgehead atoms. The molecule has 530 valence electrons. The molecule has 12 rings (SSSR count). The monoisotopic (exact) mass is 1420 g/mol. The van der Waals surface area contributed by atoms with Crippen molar-refractivity contribution in [2.24, 2.45) is 5.41 Å². The summed E-state index contributed by atoms with van der Waals surface area (Å²) in [5.74, 6) is 1.85. The number of benzene rings is 6. The van der Waals surface area contributed by atoms with Crippen LogP contribution in [-0.2, 0) is 39.0 Å². The molecular weight excluding hydrogens is 1340 g/mol. The molecule has 2 saturated heterocycles. The quantitative estimate of drug-likeness (QED) is 0.0151. The van der Waals surface area contributed by atoms with E-state index in [1.807, 2.05) is 178 Å². The predicted octanol–water partition coefficient (Wildman–Crippen LogP) is 11.4. The van der Waals surface area contributed by atoms with Gasteiger partial charge in [0.15, 0.2) is 40.5 Å². The molecule has 0 saturated carbocycles. The second-order valence-corrected chi connectivity index (χ2v) is 27.3. The molecule has 0 spiro atoms. The van der Waals surface area contributed by atoms with Crippen molar-refractivity contribution < 1.29 is 81.1 Å². The van der Waals surface area contributed by atoms with Crippen LogP contribution in [0.4, 0.5) is 20.4 Å². The van der Waals surface area contributed by atoms with Gasteiger partial charge in [-0.2, -0.15) is 0 Å². The normalized spacial score (nSPS) is 20.9. The third-order valence-corrected chi connectivity index (χ3v) is 20.7. The standard InChI is InChI=1S/C41H47FN4O9PS.C33H33FN4O6/c1-7-39(2,3)38(48)57-22-21-53-56(50)54-24-32-34(47)40(4,49)37(55-32)46-23-31(42)33-35(43-25-44-36(33)46)45-41(26-11-9-8-10-12-26,27-13-17-29(51-5)18-14-27)28-15-19-30(52-6)20-16-28;1-32(41)28(40)26(18-39)44-31(32)38-17-25(34)27-29(35-19-36-30(27)38)37-33(20-7-5-4-6-8-20,21-9-13-23(42-2)14-10-21)22-11-15-24(43-3)16-12-22/h8-20,23,25,32,34,37,47,49H,7,21-22,24H2,1-6H3,(H,43,44,45);4-17,19,26,28,31,39-41H,18H2,1-3H3,(H,35,36,37)/q+1;/t32-,34?,37-,40+;26-,28?,31-,32+/m11/s1. The Balaban J connectivity index is 0.000000210. The molecule has 0 amide bonds. The number of carbonyl (C=O) groups is 1. The van der Waals surface area contributed by atoms with Crippen molar-refractivity contribution in [1.82, 2.24) is 29.1 Å². The number of hydrogen-bond acceptors (Lipinski definition) is 22. The lowest BCUT2D eigenvalue weighted by Gasteiger charge is -2.37. The van der Waals surface area contributed by atoms with E-state index in [1.54, 1.807) is 28.4 Å². The van der Waals surface area contributed by atoms with Gasteiger partial charge in [0.05, 0.1) is 45.8 Å². The fraction of sp³-hybridized carbons (Fsp3) is 0.338. The number of carbonyl (C=O) groups excluding carboxylic acids is 1. The zero-order chi connectivity index (χ0) is 72.0. The van der Waals surface area contributed by atoms with Gasteiger partial charge in [0.25, 0.3) is 0 Å². The molecule has 101 heavy (non-hydrogen) atoms. The third-order valence-electron chi connectivity index (χ3n) is 18.7. The molecule has 3 unspecified atom stereocenters. The highest BCUT2D eigenvalue weighted by Crippen LogP contribution is 2.48. The number of aliphatic hydroxyl groups is 5. The molecule has 23 nitrogen and oxygen atoms in total. The summed E-state index contributed by atoms with van der Waals surface area (Å²) in [6, 6.07) is 49.6. The number of thioether (sulfide) groups is 1. The topological polar surface area (TPSA) is 295 Å². The van der Waals surface area contributed by atoms with Gasteiger partial charge in [-0.05, 0) is 102 Å². The van der Waals surface area contributed by atoms with Gasteiger partial charge in [-0.15, -0.1) is 9.05 Å². The van der Waals surface area contributed by atoms with Gasteiger partial charge in [0.2, 0.25) is 0 Å². The molecule has 2 aliphatic rings. The summed E-state index contributed by atoms with van der Waals surface area (Å²) in [6.45, 7) is 7.43. The minimum absolute atomic E-state index is 0.00331. The molecular formula is C74H80F2N8O15PS+. The summed E-state index contributed by atoms with van der Waals surface area (Å²) in [7, 11) is 3.73. The number of methoxy groups -OCH3 is 4. The largest absolute Gasteiger partial charge is 0.697 e. The number of anilines is 2. The number of hydrogen-bond donors (Lipinski definition) is 7. The Morgan fingerprint density at radius 1 is 0.574 bits per heavy atom. The van der Waals surface area contributed by atoms with Gasteiger partial charge in [-0.25, -0.2) is 28.7 Å². The summed E-state index contributed by atoms with van der Waals surface area (Å²) >= 11 is 1.09. The highest BCUT2D eigenvalue weighted by Gasteiger charge is 2.56. The molecule has 4 aromatic heterocycles. The Bertz CT molecular complexity index is 4390. The second-order valence-electron chi connectivity index (χ2n) is 25.3. The van der Waals surface area contributed by atoms with Gasteiger partial charge in [0, 0.05) is 28.1 Å². The Labute approximate surface area is 587 Å². The van der Waals surface area contributed by atoms with Crippen LogP contribution >= 0.6 is 20.0 Å². The lowest BCUT2D eigenvalue weighted by atomic mass is 9.77. The van der Waals surface area contributed by atoms with Gasteiger partial charge in [-0.3, -0.25) is 13.9 Å². The number of fused-ring (bicyclic) bond motifs is 2. The summed E-state index contributed by atoms with van der Waals surface area (Å²) in [5.41, 5.74) is -1.47. The molecule has 6 aromatic carbocycles. The first kappa shape index (κ1) is 73.2. The van der Waals surface area contributed by atoms with Crippen molar-refractivity contribution >= 4 is 58.8 Å². The highest BCUT2D eigenvalue weighted by molar-refractivity contribution is 8.13. The zero-order valence-corrected chi connectivity index (χ0v) is 58.6. The lowest BCUT2D eigenvalue weighted by Crippen LogP contribution is -2.44. The SMILES string of the molecule is CCC(C)(C)C(=O)SCCO[P+](=O)OC[C@H]1O[C@@H](n2cc(F)c3c(NC(c4ccccc4)(c4ccc(OC)cc4)c4ccc(OC)cc4)ncnc32)[C@@](C)(O)C1O.COc1ccc(C(Nc2ncnc3c2c(F)cn3[C@@H]2O[C@H](CO)C(O)[C@]2(C)O)(c2ccccc2)c2ccc(OC)cc2)cc1. The maximum Gasteiger partial charge on any atom is 0.697 e. The maximum absolute atomic E-state index is 16.4. The van der Waals surface area contributed by atoms with E-state index in [9.17, 15) is 34.9 Å². The molecule has 10 aromatic rings. The number of nitrogens with one attached hydrogen (secondary N) is 2. The summed E-state index contributed by atoms with van der Waals surface area (Å²) in [6.07, 6.45) is -2.22. The molecule has 0 aliphatic carbocycles. The lowest BCUT2D eigenvalue weighted by molar-refractivity contribution is -0.118. The fourth-order valence-electron chi connectivity index (χ4n) is 12.7. The van der Waals surface area contributed by atoms with E-state index in [0.29, 0.717) is 29.4 Å². The first-order chi connectivity index (χ1) is 48.5. The minimum atomic E-state index is -2.64. The van der Waals surface area contributed by atoms with Crippen LogP contribution in [0.5, 0.6) is 23.0 Å². The van der Waals surface area contributed by atoms with Gasteiger partial charge < -0.3 is 64.6 Å². The second kappa shape index (κ2) is 30.7. The first-order valence-electron chi connectivity index (χ1n) is 32.4. The van der Waals surface area contributed by atoms with Crippen LogP contribution in [0, 0.1) is 17.0 Å². The average Bonchev–Trinajstić information content (AvgIpc) is 1.48. The summed E-state index contributed by atoms with van der Waals surface area (Å²) in [5, 5.41) is 61.4. The smallest absolute Gasteiger partial charge is 0.497 e. The van der Waals surface area contributed by atoms with Crippen molar-refractivity contribution in [2.75, 3.05) is 64.6 Å². The number of rotatable bonds is 26. The van der Waals surface area contributed by atoms with Gasteiger partial charge in [-0.1, -0.05) is 142 Å². The van der Waals surface area contributed by atoms with Crippen LogP contribution in [0.2, 0.25) is 0 Å². The molecule has 27 heteroatoms. The van der Waals surface area contributed by atoms with E-state index in [-0.39, 0.29) is 51.2 Å². The van der Waals surface area contributed by atoms with Crippen molar-refractivity contribution in [2.45, 2.75) is 100 Å². The number of ether oxygens (including phenoxy) is 6. The molecule has 6 heterocycles. The van der Waals surface area contributed by atoms with Crippen LogP contribution in [0.1, 0.15) is 86.9 Å². The number of nitrogens with zero attached hydrogens (tertiary/aromatic N) is 6. The van der Waals surface area contributed by atoms with E-state index < -0.39 is 97.7 Å². The molecule has 7 N–H and O–H groups in total. The Hall–Kier alpha value is -9.02. The van der Waals surface area contributed by atoms with Crippen LogP contribution < -0.4 is 29.6 Å². The first-order valence-corrected chi connectivity index (χ1v) is 34.5. The molecule has 2 aliphatic heterocycles. The number of aromatic nitrogens is 6. The summed E-state index contributed by atoms with van der Waals surface area (Å²) in [4.78, 5) is 30.2. The van der Waals surface area contributed by atoms with Gasteiger partial charge in [0.1, 0.15) is 107 Å². The van der Waals surface area contributed by atoms with E-state index in [0.717, 1.165) is 57.5 Å². The van der Waals surface area contributed by atoms with Crippen LogP contribution in [-0.4, -0.2) is 149 Å². The van der Waals surface area contributed by atoms with Crippen molar-refractivity contribution in [1.29, 1.82) is 0 Å². The van der Waals surface area contributed by atoms with E-state index in [1.165, 1.54) is 35.6 Å². The molecule has 2 fully saturated rings. The van der Waals surface area contributed by atoms with Crippen molar-refractivity contribution in [3.05, 3.63) is 228 Å². The number of aliphatic hydroxyl groups excluding tert-OH is 3. The van der Waals surface area contributed by atoms with E-state index in [2.05, 4.69) is 30.6 Å². The van der Waals surface area contributed by atoms with Crippen LogP contribution in [0.15, 0.2) is 183 Å². The molecule has 9 atom stereocenters. The number of halogens is 2. The van der Waals surface area contributed by atoms with E-state index >= 15 is 8.78 Å². The molecule has 0 radical (unpaired) electrons. The van der Waals surface area contributed by atoms with Crippen molar-refractivity contribution in [3.63, 3.8) is 0 Å². The Morgan fingerprint density at radius 2 is 0.931 bits per heavy atom. The van der Waals surface area contributed by atoms with Crippen LogP contribution in [0.25, 0.3) is 22.1 Å². The van der Waals surface area contributed by atoms with Gasteiger partial charge >= 0.3 is 8.25 Å². The van der Waals surface area contributed by atoms with Crippen LogP contribution in [0.3, 0.4) is 0 Å². The predicted molar refractivity (Wildman–Crippen MR) is 376 cm³/mol. The zero-order valence-electron chi connectivity index (χ0n) is 56.9. The minimum Gasteiger partial charge on any atom is -0.497 e. The Morgan fingerprint density at radius 3 is 1.28 bits per heavy atom. The third kappa shape index (κ3) is 14.4. The van der Waals surface area contributed by atoms with Crippen molar-refractivity contribution in [3.8, 4) is 23.0 Å². The average molecular weight is 1420 g/mol.